The smallest absolute Gasteiger partial charge is 0.119 e. The van der Waals surface area contributed by atoms with E-state index < -0.39 is 13.6 Å². The van der Waals surface area contributed by atoms with E-state index in [2.05, 4.69) is 4.74 Å². The highest BCUT2D eigenvalue weighted by molar-refractivity contribution is 6.31. The lowest BCUT2D eigenvalue weighted by Crippen LogP contribution is -1.87. The Morgan fingerprint density at radius 1 is 1.82 bits per heavy atom. The van der Waals surface area contributed by atoms with Crippen LogP contribution in [0.4, 0.5) is 0 Å². The average Bonchev–Trinajstić information content (AvgIpc) is 2.04. The minimum Gasteiger partial charge on any atom is -0.497 e. The van der Waals surface area contributed by atoms with Gasteiger partial charge in [-0.2, -0.15) is 0 Å². The fraction of sp³-hybridized carbons (Fsp3) is 0.250. The largest absolute Gasteiger partial charge is 0.497 e. The topological polar surface area (TPSA) is 29.5 Å². The summed E-state index contributed by atoms with van der Waals surface area (Å²) in [6.07, 6.45) is 0. The first-order chi connectivity index (χ1) is 7.09. The van der Waals surface area contributed by atoms with Crippen molar-refractivity contribution in [2.45, 2.75) is 6.56 Å². The van der Waals surface area contributed by atoms with Crippen LogP contribution in [0.15, 0.2) is 18.2 Å². The predicted octanol–water partition coefficient (Wildman–Crippen LogP) is 1.84. The van der Waals surface area contributed by atoms with Crippen molar-refractivity contribution in [3.63, 3.8) is 0 Å². The first-order valence-electron chi connectivity index (χ1n) is 5.31. The lowest BCUT2D eigenvalue weighted by atomic mass is 10.2. The Bertz CT molecular complexity index is 385. The highest BCUT2D eigenvalue weighted by Gasteiger charge is 1.99. The Balaban J connectivity index is 3.09. The molecular weight excluding hydrogens is 164 g/mol. The van der Waals surface area contributed by atoms with Gasteiger partial charge in [-0.15, -0.1) is 0 Å². The fourth-order valence-electron chi connectivity index (χ4n) is 0.654. The number of benzene rings is 1. The van der Waals surface area contributed by atoms with Crippen LogP contribution in [0.25, 0.3) is 0 Å². The van der Waals surface area contributed by atoms with Gasteiger partial charge in [0, 0.05) is 5.02 Å². The highest BCUT2D eigenvalue weighted by Crippen LogP contribution is 2.21. The Labute approximate surface area is 77.4 Å². The van der Waals surface area contributed by atoms with Gasteiger partial charge < -0.3 is 9.84 Å². The van der Waals surface area contributed by atoms with E-state index >= 15 is 0 Å². The zero-order chi connectivity index (χ0) is 12.6. The fourth-order valence-corrected chi connectivity index (χ4v) is 0.813. The van der Waals surface area contributed by atoms with Crippen LogP contribution in [0.1, 0.15) is 12.4 Å². The summed E-state index contributed by atoms with van der Waals surface area (Å²) in [4.78, 5) is 0. The first-order valence-corrected chi connectivity index (χ1v) is 3.19. The number of hydrogen-bond acceptors (Lipinski definition) is 2. The lowest BCUT2D eigenvalue weighted by molar-refractivity contribution is 0.281. The average molecular weight is 178 g/mol. The Hall–Kier alpha value is -0.730. The van der Waals surface area contributed by atoms with Gasteiger partial charge in [-0.25, -0.2) is 0 Å². The second-order valence-electron chi connectivity index (χ2n) is 1.86. The van der Waals surface area contributed by atoms with Crippen molar-refractivity contribution in [1.29, 1.82) is 0 Å². The zero-order valence-corrected chi connectivity index (χ0v) is 6.22. The first kappa shape index (κ1) is 3.78. The van der Waals surface area contributed by atoms with E-state index in [0.29, 0.717) is 0 Å². The number of hydrogen-bond donors (Lipinski definition) is 1. The summed E-state index contributed by atoms with van der Waals surface area (Å²) in [5.74, 6) is -0.0858. The van der Waals surface area contributed by atoms with Gasteiger partial charge in [0.2, 0.25) is 0 Å². The summed E-state index contributed by atoms with van der Waals surface area (Å²) in [7, 11) is -2.63. The molecule has 0 aliphatic heterocycles. The molecule has 0 saturated heterocycles. The number of halogens is 1. The second kappa shape index (κ2) is 3.60. The SMILES string of the molecule is [2H]C([2H])([2H])Oc1ccc(Cl)c(C([2H])([2H])O)c1. The molecule has 0 radical (unpaired) electrons. The number of ether oxygens (including phenoxy) is 1. The van der Waals surface area contributed by atoms with Crippen LogP contribution in [0.5, 0.6) is 5.75 Å². The van der Waals surface area contributed by atoms with Crippen LogP contribution in [0, 0.1) is 0 Å². The highest BCUT2D eigenvalue weighted by atomic mass is 35.5. The van der Waals surface area contributed by atoms with E-state index in [1.165, 1.54) is 12.1 Å². The van der Waals surface area contributed by atoms with Gasteiger partial charge in [0.15, 0.2) is 0 Å². The Morgan fingerprint density at radius 2 is 2.64 bits per heavy atom. The van der Waals surface area contributed by atoms with Crippen molar-refractivity contribution in [2.75, 3.05) is 7.04 Å². The molecule has 0 fully saturated rings. The van der Waals surface area contributed by atoms with Gasteiger partial charge >= 0.3 is 0 Å². The molecule has 0 aromatic heterocycles. The minimum absolute atomic E-state index is 0.00890. The van der Waals surface area contributed by atoms with E-state index in [1.54, 1.807) is 0 Å². The molecule has 0 aliphatic rings. The van der Waals surface area contributed by atoms with Crippen LogP contribution >= 0.6 is 11.6 Å². The van der Waals surface area contributed by atoms with Crippen molar-refractivity contribution in [2.24, 2.45) is 0 Å². The molecule has 0 spiro atoms. The monoisotopic (exact) mass is 177 g/mol. The van der Waals surface area contributed by atoms with E-state index in [4.69, 9.17) is 23.6 Å². The molecule has 0 unspecified atom stereocenters. The van der Waals surface area contributed by atoms with Crippen LogP contribution in [-0.4, -0.2) is 12.1 Å². The molecule has 60 valence electrons. The molecule has 1 rings (SSSR count). The molecule has 1 aromatic carbocycles. The maximum atomic E-state index is 9.15. The van der Waals surface area contributed by atoms with Crippen molar-refractivity contribution >= 4 is 11.6 Å². The molecule has 0 atom stereocenters. The van der Waals surface area contributed by atoms with Crippen LogP contribution in [0.3, 0.4) is 0 Å². The van der Waals surface area contributed by atoms with Gasteiger partial charge in [0.25, 0.3) is 0 Å². The lowest BCUT2D eigenvalue weighted by Gasteiger charge is -2.03. The van der Waals surface area contributed by atoms with E-state index in [1.807, 2.05) is 0 Å². The summed E-state index contributed by atoms with van der Waals surface area (Å²) >= 11 is 5.66. The van der Waals surface area contributed by atoms with Crippen LogP contribution < -0.4 is 4.74 Å². The molecule has 1 N–H and O–H groups in total. The Morgan fingerprint density at radius 3 is 3.27 bits per heavy atom. The van der Waals surface area contributed by atoms with Crippen molar-refractivity contribution in [3.8, 4) is 5.75 Å². The van der Waals surface area contributed by atoms with E-state index in [9.17, 15) is 0 Å². The molecule has 0 aliphatic carbocycles. The molecule has 0 amide bonds. The second-order valence-corrected chi connectivity index (χ2v) is 2.26. The van der Waals surface area contributed by atoms with Crippen molar-refractivity contribution in [1.82, 2.24) is 0 Å². The summed E-state index contributed by atoms with van der Waals surface area (Å²) in [5, 5.41) is 9.14. The van der Waals surface area contributed by atoms with Gasteiger partial charge in [-0.05, 0) is 23.8 Å². The molecule has 0 bridgehead atoms. The van der Waals surface area contributed by atoms with E-state index in [-0.39, 0.29) is 16.3 Å². The quantitative estimate of drug-likeness (QED) is 0.747. The number of rotatable bonds is 2. The van der Waals surface area contributed by atoms with Gasteiger partial charge in [0.1, 0.15) is 5.75 Å². The van der Waals surface area contributed by atoms with Gasteiger partial charge in [-0.1, -0.05) is 11.6 Å². The van der Waals surface area contributed by atoms with Crippen LogP contribution in [0.2, 0.25) is 5.02 Å². The molecule has 3 heteroatoms. The third-order valence-corrected chi connectivity index (χ3v) is 1.51. The maximum absolute atomic E-state index is 9.15. The predicted molar refractivity (Wildman–Crippen MR) is 43.9 cm³/mol. The summed E-state index contributed by atoms with van der Waals surface area (Å²) < 4.78 is 39.3. The number of methoxy groups -OCH3 is 1. The normalized spacial score (nSPS) is 18.9. The molecule has 0 heterocycles. The minimum atomic E-state index is -2.65. The molecule has 11 heavy (non-hydrogen) atoms. The molecule has 1 aromatic rings. The standard InChI is InChI=1S/C8H9ClO2/c1-11-7-2-3-8(9)6(4-7)5-10/h2-4,10H,5H2,1H3/i1D3,5D2. The van der Waals surface area contributed by atoms with Crippen LogP contribution in [-0.2, 0) is 6.56 Å². The summed E-state index contributed by atoms with van der Waals surface area (Å²) in [6, 6.07) is 3.59. The maximum Gasteiger partial charge on any atom is 0.119 e. The summed E-state index contributed by atoms with van der Waals surface area (Å²) in [5.41, 5.74) is -0.240. The summed E-state index contributed by atoms with van der Waals surface area (Å²) in [6.45, 7) is -2.65. The molecule has 2 nitrogen and oxygen atoms in total. The Kier molecular flexibility index (Phi) is 1.24. The van der Waals surface area contributed by atoms with E-state index in [0.717, 1.165) is 6.07 Å². The zero-order valence-electron chi connectivity index (χ0n) is 10.5. The molecular formula is C8H9ClO2. The number of aliphatic hydroxyl groups is 1. The van der Waals surface area contributed by atoms with Crippen molar-refractivity contribution in [3.05, 3.63) is 28.8 Å². The molecule has 0 saturated carbocycles. The van der Waals surface area contributed by atoms with Crippen molar-refractivity contribution < 1.29 is 16.7 Å². The third kappa shape index (κ3) is 1.85. The van der Waals surface area contributed by atoms with Gasteiger partial charge in [-0.3, -0.25) is 0 Å². The van der Waals surface area contributed by atoms with Gasteiger partial charge in [0.05, 0.1) is 20.5 Å². The third-order valence-electron chi connectivity index (χ3n) is 1.18.